The van der Waals surface area contributed by atoms with Gasteiger partial charge in [0.05, 0.1) is 6.04 Å². The Morgan fingerprint density at radius 1 is 1.44 bits per heavy atom. The molecule has 16 heavy (non-hydrogen) atoms. The average molecular weight is 286 g/mol. The Morgan fingerprint density at radius 3 is 2.75 bits per heavy atom. The summed E-state index contributed by atoms with van der Waals surface area (Å²) in [6, 6.07) is 4.06. The van der Waals surface area contributed by atoms with Crippen LogP contribution in [0.4, 0.5) is 4.39 Å². The maximum Gasteiger partial charge on any atom is 0.258 e. The highest BCUT2D eigenvalue weighted by Crippen LogP contribution is 2.23. The second kappa shape index (κ2) is 4.31. The fraction of sp³-hybridized carbons (Fsp3) is 0.200. The summed E-state index contributed by atoms with van der Waals surface area (Å²) in [6.45, 7) is 1.75. The van der Waals surface area contributed by atoms with Gasteiger partial charge in [-0.1, -0.05) is 21.1 Å². The maximum absolute atomic E-state index is 13.1. The fourth-order valence-corrected chi connectivity index (χ4v) is 1.68. The van der Waals surface area contributed by atoms with Crippen molar-refractivity contribution in [2.75, 3.05) is 0 Å². The summed E-state index contributed by atoms with van der Waals surface area (Å²) in [7, 11) is 0. The van der Waals surface area contributed by atoms with Crippen LogP contribution in [-0.4, -0.2) is 10.1 Å². The van der Waals surface area contributed by atoms with Gasteiger partial charge in [-0.3, -0.25) is 0 Å². The highest BCUT2D eigenvalue weighted by Gasteiger charge is 2.12. The van der Waals surface area contributed by atoms with E-state index in [1.807, 2.05) is 0 Å². The lowest BCUT2D eigenvalue weighted by Gasteiger charge is -1.96. The molecule has 0 spiro atoms. The molecular weight excluding hydrogens is 277 g/mol. The van der Waals surface area contributed by atoms with E-state index in [0.717, 1.165) is 0 Å². The van der Waals surface area contributed by atoms with Crippen LogP contribution in [0.3, 0.4) is 0 Å². The predicted molar refractivity (Wildman–Crippen MR) is 60.0 cm³/mol. The van der Waals surface area contributed by atoms with Crippen molar-refractivity contribution < 1.29 is 8.91 Å². The Bertz CT molecular complexity index is 492. The summed E-state index contributed by atoms with van der Waals surface area (Å²) in [5.74, 6) is 0.285. The van der Waals surface area contributed by atoms with Crippen LogP contribution < -0.4 is 5.73 Å². The Balaban J connectivity index is 2.42. The van der Waals surface area contributed by atoms with Gasteiger partial charge in [-0.25, -0.2) is 4.39 Å². The molecule has 0 aliphatic carbocycles. The Kier molecular flexibility index (Phi) is 3.02. The zero-order chi connectivity index (χ0) is 11.7. The van der Waals surface area contributed by atoms with Gasteiger partial charge < -0.3 is 10.3 Å². The van der Waals surface area contributed by atoms with Crippen LogP contribution in [0.5, 0.6) is 0 Å². The quantitative estimate of drug-likeness (QED) is 0.921. The van der Waals surface area contributed by atoms with Gasteiger partial charge in [0.25, 0.3) is 5.89 Å². The molecule has 0 aliphatic heterocycles. The van der Waals surface area contributed by atoms with Crippen molar-refractivity contribution in [2.45, 2.75) is 13.0 Å². The van der Waals surface area contributed by atoms with Crippen LogP contribution in [0, 0.1) is 5.82 Å². The number of nitrogens with zero attached hydrogens (tertiary/aromatic N) is 2. The number of rotatable bonds is 2. The van der Waals surface area contributed by atoms with Crippen LogP contribution >= 0.6 is 15.9 Å². The largest absolute Gasteiger partial charge is 0.334 e. The van der Waals surface area contributed by atoms with Crippen molar-refractivity contribution in [1.29, 1.82) is 0 Å². The number of nitrogens with two attached hydrogens (primary N) is 1. The van der Waals surface area contributed by atoms with E-state index in [4.69, 9.17) is 10.3 Å². The van der Waals surface area contributed by atoms with E-state index in [9.17, 15) is 4.39 Å². The summed E-state index contributed by atoms with van der Waals surface area (Å²) >= 11 is 3.19. The molecule has 1 heterocycles. The smallest absolute Gasteiger partial charge is 0.258 e. The Labute approximate surface area is 99.8 Å². The summed E-state index contributed by atoms with van der Waals surface area (Å²) in [5, 5.41) is 3.70. The van der Waals surface area contributed by atoms with E-state index < -0.39 is 0 Å². The number of halogens is 2. The van der Waals surface area contributed by atoms with Gasteiger partial charge in [-0.05, 0) is 25.1 Å². The summed E-state index contributed by atoms with van der Waals surface area (Å²) < 4.78 is 18.7. The fourth-order valence-electron chi connectivity index (χ4n) is 1.21. The van der Waals surface area contributed by atoms with Gasteiger partial charge in [0.2, 0.25) is 0 Å². The highest BCUT2D eigenvalue weighted by atomic mass is 79.9. The first-order valence-corrected chi connectivity index (χ1v) is 5.41. The van der Waals surface area contributed by atoms with E-state index in [0.29, 0.717) is 15.9 Å². The van der Waals surface area contributed by atoms with Crippen molar-refractivity contribution in [3.8, 4) is 11.5 Å². The van der Waals surface area contributed by atoms with Gasteiger partial charge in [-0.15, -0.1) is 0 Å². The molecule has 0 fully saturated rings. The molecule has 1 aromatic carbocycles. The first kappa shape index (κ1) is 11.2. The second-order valence-electron chi connectivity index (χ2n) is 3.40. The van der Waals surface area contributed by atoms with E-state index in [1.165, 1.54) is 12.1 Å². The first-order valence-electron chi connectivity index (χ1n) is 4.62. The average Bonchev–Trinajstić information content (AvgIpc) is 2.64. The van der Waals surface area contributed by atoms with Crippen molar-refractivity contribution in [3.63, 3.8) is 0 Å². The molecule has 1 atom stereocenters. The van der Waals surface area contributed by atoms with Crippen molar-refractivity contribution in [1.82, 2.24) is 10.1 Å². The Hall–Kier alpha value is -1.27. The summed E-state index contributed by atoms with van der Waals surface area (Å²) in [5.41, 5.74) is 6.12. The van der Waals surface area contributed by atoms with Gasteiger partial charge in [0.1, 0.15) is 5.82 Å². The maximum atomic E-state index is 13.1. The van der Waals surface area contributed by atoms with E-state index in [-0.39, 0.29) is 17.7 Å². The van der Waals surface area contributed by atoms with Crippen LogP contribution in [0.1, 0.15) is 18.8 Å². The number of benzene rings is 1. The van der Waals surface area contributed by atoms with Gasteiger partial charge in [-0.2, -0.15) is 4.98 Å². The minimum Gasteiger partial charge on any atom is -0.334 e. The lowest BCUT2D eigenvalue weighted by Crippen LogP contribution is -2.06. The third kappa shape index (κ3) is 2.28. The normalized spacial score (nSPS) is 12.8. The molecule has 0 aliphatic rings. The molecule has 2 N–H and O–H groups in total. The predicted octanol–water partition coefficient (Wildman–Crippen LogP) is 2.66. The second-order valence-corrected chi connectivity index (χ2v) is 4.32. The van der Waals surface area contributed by atoms with Crippen LogP contribution in [-0.2, 0) is 0 Å². The van der Waals surface area contributed by atoms with Gasteiger partial charge in [0.15, 0.2) is 5.82 Å². The zero-order valence-corrected chi connectivity index (χ0v) is 10.0. The molecular formula is C10H9BrFN3O. The van der Waals surface area contributed by atoms with Crippen LogP contribution in [0.25, 0.3) is 11.5 Å². The summed E-state index contributed by atoms with van der Waals surface area (Å²) in [6.07, 6.45) is 0. The SMILES string of the molecule is CC(N)c1noc(-c2cc(F)cc(Br)c2)n1. The highest BCUT2D eigenvalue weighted by molar-refractivity contribution is 9.10. The number of hydrogen-bond acceptors (Lipinski definition) is 4. The topological polar surface area (TPSA) is 64.9 Å². The molecule has 2 rings (SSSR count). The first-order chi connectivity index (χ1) is 7.56. The number of hydrogen-bond donors (Lipinski definition) is 1. The third-order valence-electron chi connectivity index (χ3n) is 1.96. The standard InChI is InChI=1S/C10H9BrFN3O/c1-5(13)9-14-10(16-15-9)6-2-7(11)4-8(12)3-6/h2-5H,13H2,1H3. The molecule has 6 heteroatoms. The molecule has 4 nitrogen and oxygen atoms in total. The lowest BCUT2D eigenvalue weighted by molar-refractivity contribution is 0.418. The lowest BCUT2D eigenvalue weighted by atomic mass is 10.2. The molecule has 0 saturated carbocycles. The molecule has 0 radical (unpaired) electrons. The monoisotopic (exact) mass is 285 g/mol. The van der Waals surface area contributed by atoms with Crippen molar-refractivity contribution >= 4 is 15.9 Å². The van der Waals surface area contributed by atoms with Gasteiger partial charge in [0, 0.05) is 10.0 Å². The van der Waals surface area contributed by atoms with Gasteiger partial charge >= 0.3 is 0 Å². The zero-order valence-electron chi connectivity index (χ0n) is 8.45. The molecule has 84 valence electrons. The van der Waals surface area contributed by atoms with E-state index in [1.54, 1.807) is 13.0 Å². The number of aromatic nitrogens is 2. The van der Waals surface area contributed by atoms with Crippen molar-refractivity contribution in [2.24, 2.45) is 5.73 Å². The molecule has 0 saturated heterocycles. The molecule has 1 aromatic heterocycles. The molecule has 1 unspecified atom stereocenters. The minimum atomic E-state index is -0.370. The molecule has 0 bridgehead atoms. The van der Waals surface area contributed by atoms with Crippen molar-refractivity contribution in [3.05, 3.63) is 34.3 Å². The molecule has 2 aromatic rings. The third-order valence-corrected chi connectivity index (χ3v) is 2.42. The molecule has 0 amide bonds. The summed E-state index contributed by atoms with van der Waals surface area (Å²) in [4.78, 5) is 4.07. The minimum absolute atomic E-state index is 0.257. The van der Waals surface area contributed by atoms with E-state index >= 15 is 0 Å². The van der Waals surface area contributed by atoms with Crippen LogP contribution in [0.2, 0.25) is 0 Å². The Morgan fingerprint density at radius 2 is 2.19 bits per heavy atom. The van der Waals surface area contributed by atoms with E-state index in [2.05, 4.69) is 26.1 Å². The van der Waals surface area contributed by atoms with Crippen LogP contribution in [0.15, 0.2) is 27.2 Å².